The zero-order chi connectivity index (χ0) is 20.2. The molecule has 0 unspecified atom stereocenters. The lowest BCUT2D eigenvalue weighted by Gasteiger charge is -2.22. The zero-order valence-corrected chi connectivity index (χ0v) is 15.8. The van der Waals surface area contributed by atoms with Gasteiger partial charge in [0, 0.05) is 24.7 Å². The molecule has 0 saturated carbocycles. The molecule has 4 rings (SSSR count). The van der Waals surface area contributed by atoms with Gasteiger partial charge in [-0.25, -0.2) is 0 Å². The predicted octanol–water partition coefficient (Wildman–Crippen LogP) is 4.22. The van der Waals surface area contributed by atoms with Crippen LogP contribution in [0.5, 0.6) is 0 Å². The SMILES string of the molecule is O=C(c1ccc(N2CCCC2)c([N+](=O)[O-])c1)N(Cc1ccco1)Cc1ccco1. The summed E-state index contributed by atoms with van der Waals surface area (Å²) in [4.78, 5) is 28.0. The molecule has 3 aromatic rings. The van der Waals surface area contributed by atoms with Gasteiger partial charge in [-0.3, -0.25) is 14.9 Å². The molecule has 0 aliphatic carbocycles. The minimum Gasteiger partial charge on any atom is -0.467 e. The van der Waals surface area contributed by atoms with Crippen LogP contribution in [-0.4, -0.2) is 28.8 Å². The summed E-state index contributed by atoms with van der Waals surface area (Å²) < 4.78 is 10.8. The highest BCUT2D eigenvalue weighted by Gasteiger charge is 2.26. The van der Waals surface area contributed by atoms with E-state index in [1.807, 2.05) is 4.90 Å². The highest BCUT2D eigenvalue weighted by molar-refractivity contribution is 5.95. The number of hydrogen-bond acceptors (Lipinski definition) is 6. The molecule has 3 heterocycles. The summed E-state index contributed by atoms with van der Waals surface area (Å²) in [5.41, 5.74) is 0.777. The van der Waals surface area contributed by atoms with Gasteiger partial charge in [0.1, 0.15) is 17.2 Å². The van der Waals surface area contributed by atoms with E-state index in [1.54, 1.807) is 53.8 Å². The van der Waals surface area contributed by atoms with Crippen LogP contribution in [0.1, 0.15) is 34.7 Å². The molecule has 1 aromatic carbocycles. The molecular formula is C21H21N3O5. The van der Waals surface area contributed by atoms with Crippen molar-refractivity contribution in [2.45, 2.75) is 25.9 Å². The van der Waals surface area contributed by atoms with Gasteiger partial charge in [0.25, 0.3) is 11.6 Å². The Morgan fingerprint density at radius 3 is 2.17 bits per heavy atom. The lowest BCUT2D eigenvalue weighted by molar-refractivity contribution is -0.384. The number of carbonyl (C=O) groups excluding carboxylic acids is 1. The van der Waals surface area contributed by atoms with Gasteiger partial charge in [0.15, 0.2) is 0 Å². The third kappa shape index (κ3) is 4.16. The molecule has 0 spiro atoms. The Labute approximate surface area is 167 Å². The van der Waals surface area contributed by atoms with E-state index in [0.29, 0.717) is 17.2 Å². The number of anilines is 1. The molecule has 0 N–H and O–H groups in total. The van der Waals surface area contributed by atoms with Crippen LogP contribution in [0.25, 0.3) is 0 Å². The first-order valence-electron chi connectivity index (χ1n) is 9.49. The van der Waals surface area contributed by atoms with Crippen molar-refractivity contribution in [1.82, 2.24) is 4.90 Å². The molecular weight excluding hydrogens is 374 g/mol. The standard InChI is InChI=1S/C21H21N3O5/c25-21(23(14-17-5-3-11-28-17)15-18-6-4-12-29-18)16-7-8-19(20(13-16)24(26)27)22-9-1-2-10-22/h3-8,11-13H,1-2,9-10,14-15H2. The Morgan fingerprint density at radius 1 is 1.03 bits per heavy atom. The highest BCUT2D eigenvalue weighted by atomic mass is 16.6. The van der Waals surface area contributed by atoms with E-state index in [2.05, 4.69) is 0 Å². The summed E-state index contributed by atoms with van der Waals surface area (Å²) in [6, 6.07) is 11.8. The number of nitro groups is 1. The first-order chi connectivity index (χ1) is 14.1. The fourth-order valence-electron chi connectivity index (χ4n) is 3.59. The molecule has 1 aliphatic heterocycles. The molecule has 1 fully saturated rings. The molecule has 0 radical (unpaired) electrons. The Morgan fingerprint density at radius 2 is 1.66 bits per heavy atom. The second-order valence-electron chi connectivity index (χ2n) is 6.97. The van der Waals surface area contributed by atoms with E-state index in [-0.39, 0.29) is 30.2 Å². The van der Waals surface area contributed by atoms with Crippen molar-refractivity contribution in [2.75, 3.05) is 18.0 Å². The van der Waals surface area contributed by atoms with Crippen LogP contribution in [0.3, 0.4) is 0 Å². The maximum absolute atomic E-state index is 13.2. The van der Waals surface area contributed by atoms with Crippen LogP contribution in [0.2, 0.25) is 0 Å². The number of rotatable bonds is 7. The average Bonchev–Trinajstić information content (AvgIpc) is 3.49. The summed E-state index contributed by atoms with van der Waals surface area (Å²) in [5.74, 6) is 0.912. The number of nitrogens with zero attached hydrogens (tertiary/aromatic N) is 3. The second-order valence-corrected chi connectivity index (χ2v) is 6.97. The van der Waals surface area contributed by atoms with Crippen LogP contribution < -0.4 is 4.90 Å². The number of furan rings is 2. The van der Waals surface area contributed by atoms with E-state index < -0.39 is 4.92 Å². The number of benzene rings is 1. The smallest absolute Gasteiger partial charge is 0.293 e. The van der Waals surface area contributed by atoms with Gasteiger partial charge in [-0.2, -0.15) is 0 Å². The molecule has 0 atom stereocenters. The van der Waals surface area contributed by atoms with Gasteiger partial charge in [-0.05, 0) is 49.2 Å². The first kappa shape index (κ1) is 18.8. The number of hydrogen-bond donors (Lipinski definition) is 0. The van der Waals surface area contributed by atoms with E-state index in [0.717, 1.165) is 25.9 Å². The molecule has 1 aliphatic rings. The minimum absolute atomic E-state index is 0.0475. The summed E-state index contributed by atoms with van der Waals surface area (Å²) >= 11 is 0. The first-order valence-corrected chi connectivity index (χ1v) is 9.49. The number of nitro benzene ring substituents is 1. The average molecular weight is 395 g/mol. The third-order valence-electron chi connectivity index (χ3n) is 5.01. The lowest BCUT2D eigenvalue weighted by atomic mass is 10.1. The fourth-order valence-corrected chi connectivity index (χ4v) is 3.59. The van der Waals surface area contributed by atoms with Gasteiger partial charge in [-0.15, -0.1) is 0 Å². The third-order valence-corrected chi connectivity index (χ3v) is 5.01. The Balaban J connectivity index is 1.63. The van der Waals surface area contributed by atoms with Crippen molar-refractivity contribution >= 4 is 17.3 Å². The van der Waals surface area contributed by atoms with E-state index in [4.69, 9.17) is 8.83 Å². The fraction of sp³-hybridized carbons (Fsp3) is 0.286. The predicted molar refractivity (Wildman–Crippen MR) is 106 cm³/mol. The maximum atomic E-state index is 13.2. The Bertz CT molecular complexity index is 940. The molecule has 29 heavy (non-hydrogen) atoms. The molecule has 8 nitrogen and oxygen atoms in total. The summed E-state index contributed by atoms with van der Waals surface area (Å²) in [6.45, 7) is 2.04. The lowest BCUT2D eigenvalue weighted by Crippen LogP contribution is -2.30. The van der Waals surface area contributed by atoms with Gasteiger partial charge < -0.3 is 18.6 Å². The van der Waals surface area contributed by atoms with E-state index in [1.165, 1.54) is 6.07 Å². The van der Waals surface area contributed by atoms with Crippen molar-refractivity contribution < 1.29 is 18.6 Å². The molecule has 1 amide bonds. The summed E-state index contributed by atoms with van der Waals surface area (Å²) in [7, 11) is 0. The second kappa shape index (κ2) is 8.22. The van der Waals surface area contributed by atoms with Crippen LogP contribution in [0.4, 0.5) is 11.4 Å². The molecule has 1 saturated heterocycles. The van der Waals surface area contributed by atoms with Crippen LogP contribution >= 0.6 is 0 Å². The van der Waals surface area contributed by atoms with Crippen LogP contribution in [-0.2, 0) is 13.1 Å². The zero-order valence-electron chi connectivity index (χ0n) is 15.8. The van der Waals surface area contributed by atoms with Crippen LogP contribution in [0, 0.1) is 10.1 Å². The topological polar surface area (TPSA) is 93.0 Å². The van der Waals surface area contributed by atoms with Crippen molar-refractivity contribution in [3.05, 3.63) is 82.2 Å². The molecule has 2 aromatic heterocycles. The van der Waals surface area contributed by atoms with Gasteiger partial charge in [-0.1, -0.05) is 0 Å². The van der Waals surface area contributed by atoms with Crippen molar-refractivity contribution in [3.63, 3.8) is 0 Å². The largest absolute Gasteiger partial charge is 0.467 e. The van der Waals surface area contributed by atoms with Gasteiger partial charge in [0.05, 0.1) is 30.5 Å². The summed E-state index contributed by atoms with van der Waals surface area (Å²) in [5, 5.41) is 11.7. The van der Waals surface area contributed by atoms with Crippen molar-refractivity contribution in [3.8, 4) is 0 Å². The maximum Gasteiger partial charge on any atom is 0.293 e. The van der Waals surface area contributed by atoms with Gasteiger partial charge in [0.2, 0.25) is 0 Å². The number of carbonyl (C=O) groups is 1. The van der Waals surface area contributed by atoms with E-state index >= 15 is 0 Å². The molecule has 0 bridgehead atoms. The monoisotopic (exact) mass is 395 g/mol. The Kier molecular flexibility index (Phi) is 5.33. The highest BCUT2D eigenvalue weighted by Crippen LogP contribution is 2.32. The molecule has 150 valence electrons. The number of amides is 1. The van der Waals surface area contributed by atoms with E-state index in [9.17, 15) is 14.9 Å². The van der Waals surface area contributed by atoms with Gasteiger partial charge >= 0.3 is 0 Å². The normalized spacial score (nSPS) is 13.6. The molecule has 8 heteroatoms. The quantitative estimate of drug-likeness (QED) is 0.439. The van der Waals surface area contributed by atoms with Crippen molar-refractivity contribution in [2.24, 2.45) is 0 Å². The summed E-state index contributed by atoms with van der Waals surface area (Å²) in [6.07, 6.45) is 5.11. The Hall–Kier alpha value is -3.55. The van der Waals surface area contributed by atoms with Crippen LogP contribution in [0.15, 0.2) is 63.8 Å². The van der Waals surface area contributed by atoms with Crippen molar-refractivity contribution in [1.29, 1.82) is 0 Å². The minimum atomic E-state index is -0.423.